The second-order valence-corrected chi connectivity index (χ2v) is 17.9. The maximum absolute atomic E-state index is 13.1. The first kappa shape index (κ1) is 35.2. The highest BCUT2D eigenvalue weighted by Gasteiger charge is 2.46. The number of nitrogens with one attached hydrogen (secondary N) is 2. The van der Waals surface area contributed by atoms with E-state index in [1.54, 1.807) is 38.1 Å². The molecule has 4 aliphatic rings. The number of anilines is 4. The van der Waals surface area contributed by atoms with E-state index in [1.807, 2.05) is 13.8 Å². The third kappa shape index (κ3) is 7.01. The molecule has 2 saturated carbocycles. The number of sulfone groups is 1. The average Bonchev–Trinajstić information content (AvgIpc) is 2.98. The minimum Gasteiger partial charge on any atom is -0.489 e. The lowest BCUT2D eigenvalue weighted by atomic mass is 9.69. The van der Waals surface area contributed by atoms with Gasteiger partial charge in [0.05, 0.1) is 53.1 Å². The van der Waals surface area contributed by atoms with Gasteiger partial charge in [0, 0.05) is 12.1 Å². The standard InChI is InChI=1S/C39H50ClN5O4S/c1-23(2)49-36-19-30(28-17-34(26-10-8-11-26)45(29-21-48-22-29)35(18-28)27-12-9-13-27)25(5)16-33(36)43-39-41-20-31(40)38(44-39)42-32-14-6-7-15-37(32)50(46,47)24(3)4/h6-7,14-17,19-20,23-24,26-27,29,34-35H,8-13,18,21-22H2,1-5H3,(H2,41,42,43,44)/t34-,35-/m0/s1. The molecule has 2 aromatic carbocycles. The highest BCUT2D eigenvalue weighted by molar-refractivity contribution is 7.92. The van der Waals surface area contributed by atoms with Crippen LogP contribution in [0.2, 0.25) is 5.02 Å². The maximum atomic E-state index is 13.1. The van der Waals surface area contributed by atoms with Crippen molar-refractivity contribution in [2.24, 2.45) is 11.8 Å². The molecule has 0 radical (unpaired) electrons. The number of hydrogen-bond acceptors (Lipinski definition) is 9. The number of hydrogen-bond donors (Lipinski definition) is 2. The van der Waals surface area contributed by atoms with Gasteiger partial charge in [-0.15, -0.1) is 0 Å². The van der Waals surface area contributed by atoms with Gasteiger partial charge < -0.3 is 20.1 Å². The van der Waals surface area contributed by atoms with Crippen LogP contribution in [0.5, 0.6) is 5.75 Å². The van der Waals surface area contributed by atoms with E-state index in [0.717, 1.165) is 42.6 Å². The predicted molar refractivity (Wildman–Crippen MR) is 201 cm³/mol. The molecule has 3 fully saturated rings. The minimum atomic E-state index is -3.55. The quantitative estimate of drug-likeness (QED) is 0.190. The van der Waals surface area contributed by atoms with E-state index in [4.69, 9.17) is 21.1 Å². The first-order chi connectivity index (χ1) is 24.0. The van der Waals surface area contributed by atoms with Gasteiger partial charge in [-0.1, -0.05) is 42.7 Å². The summed E-state index contributed by atoms with van der Waals surface area (Å²) < 4.78 is 38.4. The summed E-state index contributed by atoms with van der Waals surface area (Å²) in [5.41, 5.74) is 4.99. The molecule has 3 heterocycles. The average molecular weight is 720 g/mol. The molecule has 2 atom stereocenters. The molecule has 2 aliphatic heterocycles. The summed E-state index contributed by atoms with van der Waals surface area (Å²) in [6.45, 7) is 11.3. The number of nitrogens with zero attached hydrogens (tertiary/aromatic N) is 3. The number of para-hydroxylation sites is 1. The van der Waals surface area contributed by atoms with E-state index in [1.165, 1.54) is 55.9 Å². The lowest BCUT2D eigenvalue weighted by molar-refractivity contribution is -0.116. The van der Waals surface area contributed by atoms with E-state index in [0.29, 0.717) is 41.5 Å². The summed E-state index contributed by atoms with van der Waals surface area (Å²) in [5, 5.41) is 6.23. The molecule has 1 aromatic heterocycles. The molecular formula is C39H50ClN5O4S. The van der Waals surface area contributed by atoms with Crippen LogP contribution in [0.25, 0.3) is 5.57 Å². The Morgan fingerprint density at radius 3 is 2.32 bits per heavy atom. The summed E-state index contributed by atoms with van der Waals surface area (Å²) in [4.78, 5) is 12.2. The third-order valence-corrected chi connectivity index (χ3v) is 13.5. The lowest BCUT2D eigenvalue weighted by Crippen LogP contribution is -2.62. The van der Waals surface area contributed by atoms with Crippen LogP contribution in [-0.2, 0) is 14.6 Å². The Balaban J connectivity index is 1.21. The fourth-order valence-corrected chi connectivity index (χ4v) is 9.08. The van der Waals surface area contributed by atoms with Crippen LogP contribution in [-0.4, -0.2) is 66.0 Å². The van der Waals surface area contributed by atoms with Crippen LogP contribution >= 0.6 is 11.6 Å². The Morgan fingerprint density at radius 1 is 0.980 bits per heavy atom. The fourth-order valence-electron chi connectivity index (χ4n) is 7.74. The normalized spacial score (nSPS) is 22.1. The highest BCUT2D eigenvalue weighted by atomic mass is 35.5. The zero-order valence-corrected chi connectivity index (χ0v) is 31.4. The van der Waals surface area contributed by atoms with E-state index >= 15 is 0 Å². The summed E-state index contributed by atoms with van der Waals surface area (Å²) >= 11 is 6.54. The van der Waals surface area contributed by atoms with Crippen molar-refractivity contribution in [2.75, 3.05) is 23.8 Å². The Kier molecular flexibility index (Phi) is 10.2. The van der Waals surface area contributed by atoms with Crippen LogP contribution in [0, 0.1) is 18.8 Å². The Morgan fingerprint density at radius 2 is 1.70 bits per heavy atom. The fraction of sp³-hybridized carbons (Fsp3) is 0.538. The first-order valence-corrected chi connectivity index (χ1v) is 20.2. The van der Waals surface area contributed by atoms with Crippen molar-refractivity contribution in [3.8, 4) is 5.75 Å². The summed E-state index contributed by atoms with van der Waals surface area (Å²) in [5.74, 6) is 2.80. The minimum absolute atomic E-state index is 0.0474. The van der Waals surface area contributed by atoms with E-state index < -0.39 is 15.1 Å². The molecular weight excluding hydrogens is 670 g/mol. The number of rotatable bonds is 12. The van der Waals surface area contributed by atoms with Gasteiger partial charge in [-0.25, -0.2) is 13.4 Å². The van der Waals surface area contributed by atoms with Crippen LogP contribution in [0.1, 0.15) is 83.8 Å². The molecule has 0 unspecified atom stereocenters. The lowest BCUT2D eigenvalue weighted by Gasteiger charge is -2.55. The van der Waals surface area contributed by atoms with Crippen molar-refractivity contribution in [1.29, 1.82) is 0 Å². The largest absolute Gasteiger partial charge is 0.489 e. The van der Waals surface area contributed by atoms with Crippen molar-refractivity contribution in [1.82, 2.24) is 14.9 Å². The van der Waals surface area contributed by atoms with E-state index in [9.17, 15) is 8.42 Å². The van der Waals surface area contributed by atoms with Crippen molar-refractivity contribution in [3.63, 3.8) is 0 Å². The van der Waals surface area contributed by atoms with Crippen molar-refractivity contribution in [3.05, 3.63) is 64.8 Å². The molecule has 9 nitrogen and oxygen atoms in total. The monoisotopic (exact) mass is 719 g/mol. The molecule has 11 heteroatoms. The zero-order chi connectivity index (χ0) is 35.2. The van der Waals surface area contributed by atoms with Crippen LogP contribution in [0.15, 0.2) is 53.6 Å². The molecule has 7 rings (SSSR count). The van der Waals surface area contributed by atoms with Gasteiger partial charge >= 0.3 is 0 Å². The first-order valence-electron chi connectivity index (χ1n) is 18.3. The molecule has 0 bridgehead atoms. The van der Waals surface area contributed by atoms with Crippen LogP contribution in [0.3, 0.4) is 0 Å². The SMILES string of the molecule is Cc1cc(Nc2ncc(Cl)c(Nc3ccccc3S(=O)(=O)C(C)C)n2)c(OC(C)C)cc1C1=C[C@@H](C2CCC2)N(C2COC2)[C@H](C2CCC2)C1. The number of aromatic nitrogens is 2. The van der Waals surface area contributed by atoms with E-state index in [2.05, 4.69) is 50.6 Å². The summed E-state index contributed by atoms with van der Waals surface area (Å²) in [6.07, 6.45) is 13.0. The smallest absolute Gasteiger partial charge is 0.229 e. The number of aryl methyl sites for hydroxylation is 1. The second kappa shape index (κ2) is 14.4. The van der Waals surface area contributed by atoms with Gasteiger partial charge in [0.1, 0.15) is 10.8 Å². The maximum Gasteiger partial charge on any atom is 0.229 e. The molecule has 0 amide bonds. The molecule has 3 aromatic rings. The molecule has 1 saturated heterocycles. The van der Waals surface area contributed by atoms with Gasteiger partial charge in [-0.2, -0.15) is 4.98 Å². The van der Waals surface area contributed by atoms with Crippen molar-refractivity contribution < 1.29 is 17.9 Å². The summed E-state index contributed by atoms with van der Waals surface area (Å²) in [6, 6.07) is 12.6. The molecule has 50 heavy (non-hydrogen) atoms. The molecule has 2 N–H and O–H groups in total. The topological polar surface area (TPSA) is 106 Å². The Labute approximate surface area is 302 Å². The van der Waals surface area contributed by atoms with Gasteiger partial charge in [0.25, 0.3) is 0 Å². The van der Waals surface area contributed by atoms with Crippen molar-refractivity contribution >= 4 is 50.2 Å². The predicted octanol–water partition coefficient (Wildman–Crippen LogP) is 8.72. The van der Waals surface area contributed by atoms with Gasteiger partial charge in [0.2, 0.25) is 5.95 Å². The van der Waals surface area contributed by atoms with Crippen LogP contribution < -0.4 is 15.4 Å². The number of benzene rings is 2. The van der Waals surface area contributed by atoms with Crippen LogP contribution in [0.4, 0.5) is 23.1 Å². The highest BCUT2D eigenvalue weighted by Crippen LogP contribution is 2.48. The number of ether oxygens (including phenoxy) is 2. The Bertz CT molecular complexity index is 1850. The zero-order valence-electron chi connectivity index (χ0n) is 29.8. The summed E-state index contributed by atoms with van der Waals surface area (Å²) in [7, 11) is -3.55. The Hall–Kier alpha value is -3.18. The van der Waals surface area contributed by atoms with Gasteiger partial charge in [-0.3, -0.25) is 4.90 Å². The van der Waals surface area contributed by atoms with Gasteiger partial charge in [-0.05, 0) is 120 Å². The molecule has 0 spiro atoms. The molecule has 2 aliphatic carbocycles. The number of halogens is 1. The van der Waals surface area contributed by atoms with Crippen molar-refractivity contribution in [2.45, 2.75) is 114 Å². The van der Waals surface area contributed by atoms with Gasteiger partial charge in [0.15, 0.2) is 15.7 Å². The second-order valence-electron chi connectivity index (χ2n) is 15.0. The van der Waals surface area contributed by atoms with E-state index in [-0.39, 0.29) is 16.0 Å². The molecule has 268 valence electrons. The third-order valence-electron chi connectivity index (χ3n) is 11.0.